The molecule has 0 aliphatic heterocycles. The fraction of sp³-hybridized carbons (Fsp3) is 0.0667. The summed E-state index contributed by atoms with van der Waals surface area (Å²) in [5, 5.41) is 3.25. The number of carbonyl (C=O) groups excluding carboxylic acids is 1. The van der Waals surface area contributed by atoms with Crippen molar-refractivity contribution in [1.82, 2.24) is 9.97 Å². The molecule has 6 heteroatoms. The summed E-state index contributed by atoms with van der Waals surface area (Å²) in [6.45, 7) is 1.88. The quantitative estimate of drug-likeness (QED) is 0.634. The third-order valence-corrected chi connectivity index (χ3v) is 3.46. The van der Waals surface area contributed by atoms with Crippen molar-refractivity contribution >= 4 is 39.9 Å². The van der Waals surface area contributed by atoms with Crippen LogP contribution in [0.5, 0.6) is 0 Å². The number of carbonyl (C=O) groups is 1. The smallest absolute Gasteiger partial charge is 0.255 e. The van der Waals surface area contributed by atoms with Crippen molar-refractivity contribution in [2.24, 2.45) is 0 Å². The highest BCUT2D eigenvalue weighted by molar-refractivity contribution is 6.33. The Bertz CT molecular complexity index is 841. The maximum atomic E-state index is 12.2. The zero-order valence-electron chi connectivity index (χ0n) is 11.3. The van der Waals surface area contributed by atoms with Crippen molar-refractivity contribution in [3.63, 3.8) is 0 Å². The summed E-state index contributed by atoms with van der Waals surface area (Å²) in [6, 6.07) is 10.3. The molecule has 3 aromatic rings. The van der Waals surface area contributed by atoms with Gasteiger partial charge in [0.2, 0.25) is 0 Å². The molecule has 0 atom stereocenters. The number of rotatable bonds is 2. The highest BCUT2D eigenvalue weighted by Crippen LogP contribution is 2.21. The first kappa shape index (κ1) is 13.5. The molecule has 0 spiro atoms. The monoisotopic (exact) mass is 300 g/mol. The summed E-state index contributed by atoms with van der Waals surface area (Å²) >= 11 is 5.85. The van der Waals surface area contributed by atoms with Gasteiger partial charge in [0.05, 0.1) is 21.7 Å². The summed E-state index contributed by atoms with van der Waals surface area (Å²) < 4.78 is 0. The minimum atomic E-state index is -0.242. The first-order valence-corrected chi connectivity index (χ1v) is 6.73. The molecule has 1 aromatic heterocycles. The largest absolute Gasteiger partial charge is 0.398 e. The maximum Gasteiger partial charge on any atom is 0.255 e. The van der Waals surface area contributed by atoms with Crippen molar-refractivity contribution in [2.45, 2.75) is 6.92 Å². The summed E-state index contributed by atoms with van der Waals surface area (Å²) in [5.74, 6) is 0.591. The van der Waals surface area contributed by atoms with E-state index in [1.165, 1.54) is 0 Å². The van der Waals surface area contributed by atoms with Gasteiger partial charge < -0.3 is 16.0 Å². The zero-order chi connectivity index (χ0) is 15.0. The van der Waals surface area contributed by atoms with Crippen LogP contribution in [-0.4, -0.2) is 15.9 Å². The van der Waals surface area contributed by atoms with Gasteiger partial charge >= 0.3 is 0 Å². The molecule has 21 heavy (non-hydrogen) atoms. The molecule has 106 valence electrons. The minimum absolute atomic E-state index is 0.242. The number of halogens is 1. The van der Waals surface area contributed by atoms with Crippen LogP contribution in [0.4, 0.5) is 11.4 Å². The molecular formula is C15H13ClN4O. The molecule has 1 amide bonds. The van der Waals surface area contributed by atoms with Crippen LogP contribution in [0.1, 0.15) is 16.2 Å². The standard InChI is InChI=1S/C15H13ClN4O/c1-8-18-13-5-3-10(7-14(13)19-8)20-15(21)9-2-4-11(16)12(17)6-9/h2-7H,17H2,1H3,(H,18,19)(H,20,21). The lowest BCUT2D eigenvalue weighted by atomic mass is 10.2. The highest BCUT2D eigenvalue weighted by Gasteiger charge is 2.09. The number of hydrogen-bond acceptors (Lipinski definition) is 3. The molecule has 0 unspecified atom stereocenters. The van der Waals surface area contributed by atoms with Gasteiger partial charge in [0, 0.05) is 11.3 Å². The summed E-state index contributed by atoms with van der Waals surface area (Å²) in [4.78, 5) is 19.6. The number of aryl methyl sites for hydroxylation is 1. The van der Waals surface area contributed by atoms with Crippen molar-refractivity contribution < 1.29 is 4.79 Å². The number of hydrogen-bond donors (Lipinski definition) is 3. The Morgan fingerprint density at radius 1 is 1.29 bits per heavy atom. The topological polar surface area (TPSA) is 83.8 Å². The molecule has 0 saturated carbocycles. The lowest BCUT2D eigenvalue weighted by Gasteiger charge is -2.06. The Morgan fingerprint density at radius 3 is 2.86 bits per heavy atom. The van der Waals surface area contributed by atoms with E-state index >= 15 is 0 Å². The molecular weight excluding hydrogens is 288 g/mol. The lowest BCUT2D eigenvalue weighted by molar-refractivity contribution is 0.102. The second kappa shape index (κ2) is 5.10. The number of amides is 1. The third-order valence-electron chi connectivity index (χ3n) is 3.12. The van der Waals surface area contributed by atoms with Gasteiger partial charge in [-0.1, -0.05) is 11.6 Å². The number of nitrogens with two attached hydrogens (primary N) is 1. The van der Waals surface area contributed by atoms with Crippen molar-refractivity contribution in [2.75, 3.05) is 11.1 Å². The number of nitrogen functional groups attached to an aromatic ring is 1. The minimum Gasteiger partial charge on any atom is -0.398 e. The molecule has 0 bridgehead atoms. The molecule has 0 radical (unpaired) electrons. The average Bonchev–Trinajstić information content (AvgIpc) is 2.81. The van der Waals surface area contributed by atoms with E-state index in [0.717, 1.165) is 16.9 Å². The van der Waals surface area contributed by atoms with Crippen LogP contribution in [0.15, 0.2) is 36.4 Å². The predicted molar refractivity (Wildman–Crippen MR) is 84.6 cm³/mol. The van der Waals surface area contributed by atoms with Crippen LogP contribution in [-0.2, 0) is 0 Å². The van der Waals surface area contributed by atoms with Gasteiger partial charge in [-0.15, -0.1) is 0 Å². The Hall–Kier alpha value is -2.53. The average molecular weight is 301 g/mol. The number of benzene rings is 2. The molecule has 1 heterocycles. The first-order valence-electron chi connectivity index (χ1n) is 6.36. The number of imidazole rings is 1. The normalized spacial score (nSPS) is 10.8. The van der Waals surface area contributed by atoms with E-state index in [-0.39, 0.29) is 5.91 Å². The fourth-order valence-electron chi connectivity index (χ4n) is 2.10. The van der Waals surface area contributed by atoms with Crippen LogP contribution >= 0.6 is 11.6 Å². The number of nitrogens with one attached hydrogen (secondary N) is 2. The molecule has 0 saturated heterocycles. The third kappa shape index (κ3) is 2.68. The molecule has 0 fully saturated rings. The number of aromatic nitrogens is 2. The SMILES string of the molecule is Cc1nc2ccc(NC(=O)c3ccc(Cl)c(N)c3)cc2[nH]1. The number of fused-ring (bicyclic) bond motifs is 1. The number of aromatic amines is 1. The van der Waals surface area contributed by atoms with Gasteiger partial charge in [-0.3, -0.25) is 4.79 Å². The van der Waals surface area contributed by atoms with E-state index in [1.54, 1.807) is 24.3 Å². The summed E-state index contributed by atoms with van der Waals surface area (Å²) in [7, 11) is 0. The second-order valence-corrected chi connectivity index (χ2v) is 5.15. The molecule has 2 aromatic carbocycles. The Morgan fingerprint density at radius 2 is 2.10 bits per heavy atom. The van der Waals surface area contributed by atoms with Gasteiger partial charge in [-0.2, -0.15) is 0 Å². The molecule has 5 nitrogen and oxygen atoms in total. The zero-order valence-corrected chi connectivity index (χ0v) is 12.0. The van der Waals surface area contributed by atoms with Crippen LogP contribution in [0.3, 0.4) is 0 Å². The van der Waals surface area contributed by atoms with E-state index < -0.39 is 0 Å². The molecule has 0 aliphatic carbocycles. The number of anilines is 2. The number of nitrogens with zero attached hydrogens (tertiary/aromatic N) is 1. The summed E-state index contributed by atoms with van der Waals surface area (Å²) in [5.41, 5.74) is 8.96. The van der Waals surface area contributed by atoms with E-state index in [0.29, 0.717) is 22.0 Å². The fourth-order valence-corrected chi connectivity index (χ4v) is 2.22. The van der Waals surface area contributed by atoms with E-state index in [4.69, 9.17) is 17.3 Å². The lowest BCUT2D eigenvalue weighted by Crippen LogP contribution is -2.12. The van der Waals surface area contributed by atoms with Gasteiger partial charge in [-0.05, 0) is 43.3 Å². The van der Waals surface area contributed by atoms with Crippen LogP contribution < -0.4 is 11.1 Å². The van der Waals surface area contributed by atoms with Crippen LogP contribution in [0, 0.1) is 6.92 Å². The maximum absolute atomic E-state index is 12.2. The molecule has 4 N–H and O–H groups in total. The first-order chi connectivity index (χ1) is 10.0. The van der Waals surface area contributed by atoms with Gasteiger partial charge in [-0.25, -0.2) is 4.98 Å². The van der Waals surface area contributed by atoms with Gasteiger partial charge in [0.25, 0.3) is 5.91 Å². The van der Waals surface area contributed by atoms with Crippen molar-refractivity contribution in [3.05, 3.63) is 52.8 Å². The Labute approximate surface area is 126 Å². The number of H-pyrrole nitrogens is 1. The van der Waals surface area contributed by atoms with E-state index in [9.17, 15) is 4.79 Å². The van der Waals surface area contributed by atoms with Gasteiger partial charge in [0.1, 0.15) is 5.82 Å². The molecule has 3 rings (SSSR count). The van der Waals surface area contributed by atoms with E-state index in [2.05, 4.69) is 15.3 Å². The molecule has 0 aliphatic rings. The Balaban J connectivity index is 1.86. The van der Waals surface area contributed by atoms with Crippen LogP contribution in [0.25, 0.3) is 11.0 Å². The summed E-state index contributed by atoms with van der Waals surface area (Å²) in [6.07, 6.45) is 0. The van der Waals surface area contributed by atoms with Gasteiger partial charge in [0.15, 0.2) is 0 Å². The van der Waals surface area contributed by atoms with Crippen molar-refractivity contribution in [3.8, 4) is 0 Å². The highest BCUT2D eigenvalue weighted by atomic mass is 35.5. The van der Waals surface area contributed by atoms with Crippen molar-refractivity contribution in [1.29, 1.82) is 0 Å². The Kier molecular flexibility index (Phi) is 3.27. The van der Waals surface area contributed by atoms with Crippen LogP contribution in [0.2, 0.25) is 5.02 Å². The predicted octanol–water partition coefficient (Wildman–Crippen LogP) is 3.36. The second-order valence-electron chi connectivity index (χ2n) is 4.74. The van der Waals surface area contributed by atoms with E-state index in [1.807, 2.05) is 19.1 Å².